The summed E-state index contributed by atoms with van der Waals surface area (Å²) in [6.07, 6.45) is 2.65. The van der Waals surface area contributed by atoms with Crippen molar-refractivity contribution in [3.63, 3.8) is 0 Å². The van der Waals surface area contributed by atoms with Gasteiger partial charge in [-0.2, -0.15) is 0 Å². The first-order valence-electron chi connectivity index (χ1n) is 6.98. The molecule has 1 saturated heterocycles. The van der Waals surface area contributed by atoms with E-state index in [1.807, 2.05) is 11.8 Å². The molecule has 1 N–H and O–H groups in total. The van der Waals surface area contributed by atoms with Crippen LogP contribution < -0.4 is 0 Å². The van der Waals surface area contributed by atoms with Gasteiger partial charge in [-0.15, -0.1) is 0 Å². The number of rotatable bonds is 2. The average molecular weight is 260 g/mol. The van der Waals surface area contributed by atoms with Crippen LogP contribution in [0.25, 0.3) is 0 Å². The molecule has 0 unspecified atom stereocenters. The van der Waals surface area contributed by atoms with Crippen LogP contribution in [-0.2, 0) is 0 Å². The molecule has 1 aromatic carbocycles. The fraction of sp³-hybridized carbons (Fsp3) is 0.533. The van der Waals surface area contributed by atoms with E-state index in [2.05, 4.69) is 4.90 Å². The lowest BCUT2D eigenvalue weighted by Gasteiger charge is -2.34. The molecule has 0 radical (unpaired) electrons. The predicted molar refractivity (Wildman–Crippen MR) is 73.3 cm³/mol. The third-order valence-corrected chi connectivity index (χ3v) is 4.11. The van der Waals surface area contributed by atoms with Crippen molar-refractivity contribution in [3.05, 3.63) is 29.3 Å². The van der Waals surface area contributed by atoms with Crippen LogP contribution in [0.3, 0.4) is 0 Å². The molecule has 1 aliphatic carbocycles. The third-order valence-electron chi connectivity index (χ3n) is 4.11. The van der Waals surface area contributed by atoms with E-state index in [4.69, 9.17) is 0 Å². The number of phenolic OH excluding ortho intramolecular Hbond substituents is 1. The van der Waals surface area contributed by atoms with Crippen LogP contribution in [0.4, 0.5) is 0 Å². The molecule has 0 atom stereocenters. The summed E-state index contributed by atoms with van der Waals surface area (Å²) in [4.78, 5) is 16.8. The zero-order chi connectivity index (χ0) is 13.4. The lowest BCUT2D eigenvalue weighted by molar-refractivity contribution is 0.0627. The van der Waals surface area contributed by atoms with Crippen LogP contribution in [0.15, 0.2) is 18.2 Å². The fourth-order valence-corrected chi connectivity index (χ4v) is 2.70. The SMILES string of the molecule is Cc1cc(C(=O)N2CCN(C3CC3)CC2)ccc1O. The van der Waals surface area contributed by atoms with Crippen molar-refractivity contribution < 1.29 is 9.90 Å². The van der Waals surface area contributed by atoms with Crippen molar-refractivity contribution in [2.45, 2.75) is 25.8 Å². The van der Waals surface area contributed by atoms with Gasteiger partial charge in [0.1, 0.15) is 5.75 Å². The lowest BCUT2D eigenvalue weighted by Crippen LogP contribution is -2.49. The Morgan fingerprint density at radius 3 is 2.47 bits per heavy atom. The summed E-state index contributed by atoms with van der Waals surface area (Å²) in [5.41, 5.74) is 1.43. The lowest BCUT2D eigenvalue weighted by atomic mass is 10.1. The Hall–Kier alpha value is -1.55. The van der Waals surface area contributed by atoms with Crippen molar-refractivity contribution in [2.75, 3.05) is 26.2 Å². The van der Waals surface area contributed by atoms with E-state index in [0.29, 0.717) is 5.56 Å². The van der Waals surface area contributed by atoms with Gasteiger partial charge >= 0.3 is 0 Å². The first-order chi connectivity index (χ1) is 9.15. The van der Waals surface area contributed by atoms with Crippen molar-refractivity contribution in [2.24, 2.45) is 0 Å². The molecule has 0 spiro atoms. The van der Waals surface area contributed by atoms with E-state index in [9.17, 15) is 9.90 Å². The Bertz CT molecular complexity index is 489. The highest BCUT2D eigenvalue weighted by atomic mass is 16.3. The van der Waals surface area contributed by atoms with E-state index in [0.717, 1.165) is 37.8 Å². The Kier molecular flexibility index (Phi) is 3.19. The zero-order valence-corrected chi connectivity index (χ0v) is 11.3. The molecule has 2 aliphatic rings. The third kappa shape index (κ3) is 2.59. The number of hydrogen-bond acceptors (Lipinski definition) is 3. The monoisotopic (exact) mass is 260 g/mol. The molecule has 0 aromatic heterocycles. The number of aromatic hydroxyl groups is 1. The molecular weight excluding hydrogens is 240 g/mol. The zero-order valence-electron chi connectivity index (χ0n) is 11.3. The second-order valence-corrected chi connectivity index (χ2v) is 5.56. The number of benzene rings is 1. The number of carbonyl (C=O) groups is 1. The van der Waals surface area contributed by atoms with Crippen LogP contribution in [0.1, 0.15) is 28.8 Å². The Labute approximate surface area is 113 Å². The fourth-order valence-electron chi connectivity index (χ4n) is 2.70. The molecule has 1 aromatic rings. The molecular formula is C15H20N2O2. The minimum atomic E-state index is 0.0820. The summed E-state index contributed by atoms with van der Waals surface area (Å²) in [5.74, 6) is 0.327. The van der Waals surface area contributed by atoms with Gasteiger partial charge in [-0.3, -0.25) is 9.69 Å². The van der Waals surface area contributed by atoms with E-state index >= 15 is 0 Å². The average Bonchev–Trinajstić information content (AvgIpc) is 3.26. The summed E-state index contributed by atoms with van der Waals surface area (Å²) >= 11 is 0. The van der Waals surface area contributed by atoms with Crippen molar-refractivity contribution >= 4 is 5.91 Å². The molecule has 4 nitrogen and oxygen atoms in total. The molecule has 0 bridgehead atoms. The number of nitrogens with zero attached hydrogens (tertiary/aromatic N) is 2. The molecule has 102 valence electrons. The van der Waals surface area contributed by atoms with Gasteiger partial charge in [-0.1, -0.05) is 0 Å². The summed E-state index contributed by atoms with van der Waals surface area (Å²) in [5, 5.41) is 9.51. The van der Waals surface area contributed by atoms with E-state index in [1.165, 1.54) is 12.8 Å². The number of amides is 1. The highest BCUT2D eigenvalue weighted by Gasteiger charge is 2.32. The molecule has 19 heavy (non-hydrogen) atoms. The smallest absolute Gasteiger partial charge is 0.253 e. The molecule has 3 rings (SSSR count). The standard InChI is InChI=1S/C15H20N2O2/c1-11-10-12(2-5-14(11)18)15(19)17-8-6-16(7-9-17)13-3-4-13/h2,5,10,13,18H,3-4,6-9H2,1H3. The minimum absolute atomic E-state index is 0.0820. The molecule has 1 amide bonds. The largest absolute Gasteiger partial charge is 0.508 e. The first kappa shape index (κ1) is 12.5. The minimum Gasteiger partial charge on any atom is -0.508 e. The van der Waals surface area contributed by atoms with Crippen LogP contribution in [-0.4, -0.2) is 53.0 Å². The number of carbonyl (C=O) groups excluding carboxylic acids is 1. The van der Waals surface area contributed by atoms with E-state index in [-0.39, 0.29) is 11.7 Å². The Morgan fingerprint density at radius 2 is 1.89 bits per heavy atom. The Balaban J connectivity index is 1.65. The number of piperazine rings is 1. The summed E-state index contributed by atoms with van der Waals surface area (Å²) in [7, 11) is 0. The maximum absolute atomic E-state index is 12.4. The second kappa shape index (κ2) is 4.85. The summed E-state index contributed by atoms with van der Waals surface area (Å²) in [6, 6.07) is 5.86. The van der Waals surface area contributed by atoms with Gasteiger partial charge in [-0.05, 0) is 43.5 Å². The number of hydrogen-bond donors (Lipinski definition) is 1. The van der Waals surface area contributed by atoms with Crippen LogP contribution >= 0.6 is 0 Å². The van der Waals surface area contributed by atoms with Gasteiger partial charge in [0.2, 0.25) is 0 Å². The molecule has 1 aliphatic heterocycles. The molecule has 4 heteroatoms. The van der Waals surface area contributed by atoms with Crippen molar-refractivity contribution in [1.82, 2.24) is 9.80 Å². The molecule has 1 heterocycles. The second-order valence-electron chi connectivity index (χ2n) is 5.56. The summed E-state index contributed by atoms with van der Waals surface area (Å²) in [6.45, 7) is 5.43. The molecule has 2 fully saturated rings. The van der Waals surface area contributed by atoms with E-state index in [1.54, 1.807) is 18.2 Å². The van der Waals surface area contributed by atoms with Crippen molar-refractivity contribution in [3.8, 4) is 5.75 Å². The van der Waals surface area contributed by atoms with Gasteiger partial charge < -0.3 is 10.0 Å². The van der Waals surface area contributed by atoms with Gasteiger partial charge in [0.05, 0.1) is 0 Å². The van der Waals surface area contributed by atoms with Crippen LogP contribution in [0.5, 0.6) is 5.75 Å². The Morgan fingerprint density at radius 1 is 1.21 bits per heavy atom. The van der Waals surface area contributed by atoms with Crippen LogP contribution in [0.2, 0.25) is 0 Å². The van der Waals surface area contributed by atoms with Gasteiger partial charge in [0, 0.05) is 37.8 Å². The quantitative estimate of drug-likeness (QED) is 0.879. The highest BCUT2D eigenvalue weighted by molar-refractivity contribution is 5.94. The maximum atomic E-state index is 12.4. The number of phenols is 1. The first-order valence-corrected chi connectivity index (χ1v) is 6.98. The normalized spacial score (nSPS) is 20.6. The maximum Gasteiger partial charge on any atom is 0.253 e. The number of aryl methyl sites for hydroxylation is 1. The van der Waals surface area contributed by atoms with Gasteiger partial charge in [-0.25, -0.2) is 0 Å². The van der Waals surface area contributed by atoms with Crippen LogP contribution in [0, 0.1) is 6.92 Å². The van der Waals surface area contributed by atoms with Gasteiger partial charge in [0.25, 0.3) is 5.91 Å². The van der Waals surface area contributed by atoms with E-state index < -0.39 is 0 Å². The van der Waals surface area contributed by atoms with Gasteiger partial charge in [0.15, 0.2) is 0 Å². The highest BCUT2D eigenvalue weighted by Crippen LogP contribution is 2.27. The van der Waals surface area contributed by atoms with Crippen molar-refractivity contribution in [1.29, 1.82) is 0 Å². The topological polar surface area (TPSA) is 43.8 Å². The predicted octanol–water partition coefficient (Wildman–Crippen LogP) is 1.62. The molecule has 1 saturated carbocycles. The summed E-state index contributed by atoms with van der Waals surface area (Å²) < 4.78 is 0.